The quantitative estimate of drug-likeness (QED) is 0.701. The van der Waals surface area contributed by atoms with Crippen LogP contribution in [0.15, 0.2) is 48.5 Å². The molecule has 2 rings (SSSR count). The summed E-state index contributed by atoms with van der Waals surface area (Å²) in [4.78, 5) is 34.7. The fourth-order valence-corrected chi connectivity index (χ4v) is 2.03. The summed E-state index contributed by atoms with van der Waals surface area (Å²) in [5, 5.41) is 7.91. The fraction of sp³-hybridized carbons (Fsp3) is 0.167. The van der Waals surface area contributed by atoms with Gasteiger partial charge in [-0.15, -0.1) is 0 Å². The Morgan fingerprint density at radius 2 is 1.32 bits per heavy atom. The zero-order chi connectivity index (χ0) is 18.2. The number of carbonyl (C=O) groups is 3. The Labute approximate surface area is 144 Å². The SMILES string of the molecule is CC(=O)NCCNC(=O)c1ccc(NC(=O)c2ccc(F)cc2)cc1. The molecule has 3 N–H and O–H groups in total. The van der Waals surface area contributed by atoms with Crippen LogP contribution < -0.4 is 16.0 Å². The number of hydrogen-bond donors (Lipinski definition) is 3. The fourth-order valence-electron chi connectivity index (χ4n) is 2.03. The van der Waals surface area contributed by atoms with Gasteiger partial charge in [-0.1, -0.05) is 0 Å². The van der Waals surface area contributed by atoms with Crippen LogP contribution in [0.4, 0.5) is 10.1 Å². The number of anilines is 1. The van der Waals surface area contributed by atoms with E-state index < -0.39 is 5.82 Å². The predicted molar refractivity (Wildman–Crippen MR) is 91.8 cm³/mol. The van der Waals surface area contributed by atoms with Crippen LogP contribution in [0, 0.1) is 5.82 Å². The summed E-state index contributed by atoms with van der Waals surface area (Å²) in [6.45, 7) is 2.08. The second-order valence-electron chi connectivity index (χ2n) is 5.28. The van der Waals surface area contributed by atoms with E-state index in [-0.39, 0.29) is 17.7 Å². The predicted octanol–water partition coefficient (Wildman–Crippen LogP) is 1.94. The lowest BCUT2D eigenvalue weighted by Gasteiger charge is -2.08. The maximum absolute atomic E-state index is 12.9. The summed E-state index contributed by atoms with van der Waals surface area (Å²) >= 11 is 0. The number of benzene rings is 2. The first-order chi connectivity index (χ1) is 12.0. The van der Waals surface area contributed by atoms with Crippen molar-refractivity contribution in [1.82, 2.24) is 10.6 Å². The average Bonchev–Trinajstić information content (AvgIpc) is 2.59. The van der Waals surface area contributed by atoms with Gasteiger partial charge in [0.1, 0.15) is 5.82 Å². The third kappa shape index (κ3) is 5.72. The van der Waals surface area contributed by atoms with Crippen molar-refractivity contribution in [2.24, 2.45) is 0 Å². The number of halogens is 1. The molecule has 0 aliphatic rings. The first-order valence-electron chi connectivity index (χ1n) is 7.65. The van der Waals surface area contributed by atoms with E-state index in [2.05, 4.69) is 16.0 Å². The van der Waals surface area contributed by atoms with Crippen LogP contribution in [0.25, 0.3) is 0 Å². The van der Waals surface area contributed by atoms with Gasteiger partial charge >= 0.3 is 0 Å². The van der Waals surface area contributed by atoms with Gasteiger partial charge in [-0.2, -0.15) is 0 Å². The zero-order valence-corrected chi connectivity index (χ0v) is 13.6. The van der Waals surface area contributed by atoms with Gasteiger partial charge in [-0.05, 0) is 48.5 Å². The van der Waals surface area contributed by atoms with Crippen LogP contribution in [0.1, 0.15) is 27.6 Å². The zero-order valence-electron chi connectivity index (χ0n) is 13.6. The lowest BCUT2D eigenvalue weighted by Crippen LogP contribution is -2.33. The second-order valence-corrected chi connectivity index (χ2v) is 5.28. The highest BCUT2D eigenvalue weighted by atomic mass is 19.1. The molecular weight excluding hydrogens is 325 g/mol. The molecule has 130 valence electrons. The van der Waals surface area contributed by atoms with E-state index in [0.717, 1.165) is 0 Å². The van der Waals surface area contributed by atoms with Gasteiger partial charge in [-0.25, -0.2) is 4.39 Å². The normalized spacial score (nSPS) is 10.0. The van der Waals surface area contributed by atoms with Gasteiger partial charge in [0.15, 0.2) is 0 Å². The van der Waals surface area contributed by atoms with E-state index in [1.807, 2.05) is 0 Å². The largest absolute Gasteiger partial charge is 0.355 e. The number of carbonyl (C=O) groups excluding carboxylic acids is 3. The van der Waals surface area contributed by atoms with Crippen molar-refractivity contribution < 1.29 is 18.8 Å². The summed E-state index contributed by atoms with van der Waals surface area (Å²) in [6.07, 6.45) is 0. The maximum atomic E-state index is 12.9. The molecule has 0 unspecified atom stereocenters. The molecule has 0 radical (unpaired) electrons. The molecule has 3 amide bonds. The van der Waals surface area contributed by atoms with Crippen molar-refractivity contribution in [2.45, 2.75) is 6.92 Å². The lowest BCUT2D eigenvalue weighted by atomic mass is 10.1. The van der Waals surface area contributed by atoms with Crippen molar-refractivity contribution in [3.63, 3.8) is 0 Å². The molecule has 0 saturated heterocycles. The van der Waals surface area contributed by atoms with Crippen molar-refractivity contribution in [3.8, 4) is 0 Å². The van der Waals surface area contributed by atoms with Crippen molar-refractivity contribution in [1.29, 1.82) is 0 Å². The van der Waals surface area contributed by atoms with Crippen LogP contribution in [0.2, 0.25) is 0 Å². The van der Waals surface area contributed by atoms with Gasteiger partial charge in [0.25, 0.3) is 11.8 Å². The van der Waals surface area contributed by atoms with E-state index in [1.165, 1.54) is 31.2 Å². The summed E-state index contributed by atoms with van der Waals surface area (Å²) < 4.78 is 12.9. The van der Waals surface area contributed by atoms with Gasteiger partial charge in [0.2, 0.25) is 5.91 Å². The Morgan fingerprint density at radius 3 is 1.92 bits per heavy atom. The highest BCUT2D eigenvalue weighted by molar-refractivity contribution is 6.04. The molecular formula is C18H18FN3O3. The van der Waals surface area contributed by atoms with E-state index in [1.54, 1.807) is 24.3 Å². The molecule has 0 aromatic heterocycles. The van der Waals surface area contributed by atoms with Crippen LogP contribution in [0.5, 0.6) is 0 Å². The third-order valence-electron chi connectivity index (χ3n) is 3.30. The van der Waals surface area contributed by atoms with Crippen molar-refractivity contribution in [3.05, 3.63) is 65.5 Å². The Balaban J connectivity index is 1.88. The molecule has 0 aliphatic carbocycles. The standard InChI is InChI=1S/C18H18FN3O3/c1-12(23)20-10-11-21-17(24)13-4-8-16(9-5-13)22-18(25)14-2-6-15(19)7-3-14/h2-9H,10-11H2,1H3,(H,20,23)(H,21,24)(H,22,25). The topological polar surface area (TPSA) is 87.3 Å². The second kappa shape index (κ2) is 8.58. The summed E-state index contributed by atoms with van der Waals surface area (Å²) in [7, 11) is 0. The molecule has 0 heterocycles. The van der Waals surface area contributed by atoms with Gasteiger partial charge in [-0.3, -0.25) is 14.4 Å². The average molecular weight is 343 g/mol. The highest BCUT2D eigenvalue weighted by Crippen LogP contribution is 2.12. The smallest absolute Gasteiger partial charge is 0.255 e. The monoisotopic (exact) mass is 343 g/mol. The lowest BCUT2D eigenvalue weighted by molar-refractivity contribution is -0.118. The molecule has 0 spiro atoms. The van der Waals surface area contributed by atoms with E-state index in [0.29, 0.717) is 29.9 Å². The number of amides is 3. The van der Waals surface area contributed by atoms with Gasteiger partial charge < -0.3 is 16.0 Å². The van der Waals surface area contributed by atoms with Gasteiger partial charge in [0, 0.05) is 36.8 Å². The molecule has 25 heavy (non-hydrogen) atoms. The minimum absolute atomic E-state index is 0.157. The maximum Gasteiger partial charge on any atom is 0.255 e. The Bertz CT molecular complexity index is 758. The molecule has 0 atom stereocenters. The van der Waals surface area contributed by atoms with Crippen LogP contribution >= 0.6 is 0 Å². The molecule has 6 nitrogen and oxygen atoms in total. The Morgan fingerprint density at radius 1 is 0.800 bits per heavy atom. The van der Waals surface area contributed by atoms with Gasteiger partial charge in [0.05, 0.1) is 0 Å². The number of hydrogen-bond acceptors (Lipinski definition) is 3. The number of nitrogens with one attached hydrogen (secondary N) is 3. The highest BCUT2D eigenvalue weighted by Gasteiger charge is 2.08. The molecule has 7 heteroatoms. The number of rotatable bonds is 6. The van der Waals surface area contributed by atoms with Crippen molar-refractivity contribution in [2.75, 3.05) is 18.4 Å². The minimum atomic E-state index is -0.412. The molecule has 0 aliphatic heterocycles. The third-order valence-corrected chi connectivity index (χ3v) is 3.30. The Hall–Kier alpha value is -3.22. The minimum Gasteiger partial charge on any atom is -0.355 e. The Kier molecular flexibility index (Phi) is 6.22. The van der Waals surface area contributed by atoms with Crippen LogP contribution in [-0.2, 0) is 4.79 Å². The molecule has 0 saturated carbocycles. The molecule has 2 aromatic rings. The summed E-state index contributed by atoms with van der Waals surface area (Å²) in [6, 6.07) is 11.6. The molecule has 0 fully saturated rings. The summed E-state index contributed by atoms with van der Waals surface area (Å²) in [5.41, 5.74) is 1.29. The first-order valence-corrected chi connectivity index (χ1v) is 7.65. The van der Waals surface area contributed by atoms with E-state index >= 15 is 0 Å². The van der Waals surface area contributed by atoms with E-state index in [9.17, 15) is 18.8 Å². The molecule has 0 bridgehead atoms. The molecule has 2 aromatic carbocycles. The van der Waals surface area contributed by atoms with Crippen LogP contribution in [-0.4, -0.2) is 30.8 Å². The first kappa shape index (κ1) is 18.1. The van der Waals surface area contributed by atoms with E-state index in [4.69, 9.17) is 0 Å². The summed E-state index contributed by atoms with van der Waals surface area (Å²) in [5.74, 6) is -1.21. The van der Waals surface area contributed by atoms with Crippen LogP contribution in [0.3, 0.4) is 0 Å². The van der Waals surface area contributed by atoms with Crippen molar-refractivity contribution >= 4 is 23.4 Å².